The topological polar surface area (TPSA) is 53.6 Å². The smallest absolute Gasteiger partial charge is 0.225 e. The van der Waals surface area contributed by atoms with Crippen molar-refractivity contribution >= 4 is 29.4 Å². The van der Waals surface area contributed by atoms with E-state index in [2.05, 4.69) is 46.9 Å². The van der Waals surface area contributed by atoms with Crippen LogP contribution in [-0.2, 0) is 4.79 Å². The molecule has 0 saturated carbocycles. The largest absolute Gasteiger partial charge is 0.497 e. The summed E-state index contributed by atoms with van der Waals surface area (Å²) in [6.07, 6.45) is 0.574. The fourth-order valence-electron chi connectivity index (χ4n) is 2.24. The summed E-state index contributed by atoms with van der Waals surface area (Å²) in [5, 5.41) is 0.810. The third kappa shape index (κ3) is 10.4. The Balaban J connectivity index is 0.000000230. The molecule has 0 aromatic heterocycles. The summed E-state index contributed by atoms with van der Waals surface area (Å²) in [5.74, 6) is 0.784. The number of methoxy groups -OCH3 is 1. The fraction of sp³-hybridized carbons (Fsp3) is 0.208. The summed E-state index contributed by atoms with van der Waals surface area (Å²) < 4.78 is 4.96. The van der Waals surface area contributed by atoms with Crippen molar-refractivity contribution in [3.05, 3.63) is 88.9 Å². The van der Waals surface area contributed by atoms with Crippen LogP contribution in [0.4, 0.5) is 11.4 Å². The lowest BCUT2D eigenvalue weighted by Gasteiger charge is -2.11. The zero-order chi connectivity index (χ0) is 22.4. The molecule has 5 nitrogen and oxygen atoms in total. The monoisotopic (exact) mass is 427 g/mol. The molecule has 0 aliphatic carbocycles. The molecule has 0 aliphatic heterocycles. The van der Waals surface area contributed by atoms with Gasteiger partial charge < -0.3 is 9.64 Å². The molecular formula is C24H30ClN3O2. The predicted molar refractivity (Wildman–Crippen MR) is 128 cm³/mol. The fourth-order valence-corrected chi connectivity index (χ4v) is 2.48. The SMILES string of the molecule is COc1ccc(NNC=O)cc1.Cc1ccc(N(C)C)cc1.Cc1cccc(Cl)c1. The van der Waals surface area contributed by atoms with Crippen molar-refractivity contribution in [3.63, 3.8) is 0 Å². The Morgan fingerprint density at radius 2 is 1.53 bits per heavy atom. The lowest BCUT2D eigenvalue weighted by molar-refractivity contribution is -0.109. The molecule has 0 unspecified atom stereocenters. The minimum absolute atomic E-state index is 0.574. The summed E-state index contributed by atoms with van der Waals surface area (Å²) in [5.41, 5.74) is 9.58. The summed E-state index contributed by atoms with van der Waals surface area (Å²) in [6, 6.07) is 23.4. The predicted octanol–water partition coefficient (Wildman–Crippen LogP) is 5.48. The van der Waals surface area contributed by atoms with Crippen LogP contribution in [0.1, 0.15) is 11.1 Å². The van der Waals surface area contributed by atoms with E-state index in [0.29, 0.717) is 6.41 Å². The first kappa shape index (κ1) is 24.9. The van der Waals surface area contributed by atoms with Crippen molar-refractivity contribution in [1.29, 1.82) is 0 Å². The van der Waals surface area contributed by atoms with Crippen LogP contribution < -0.4 is 20.5 Å². The molecule has 0 spiro atoms. The maximum Gasteiger partial charge on any atom is 0.225 e. The molecule has 0 aliphatic rings. The molecule has 0 bridgehead atoms. The number of hydrazine groups is 1. The van der Waals surface area contributed by atoms with Gasteiger partial charge in [0.15, 0.2) is 0 Å². The Morgan fingerprint density at radius 1 is 0.900 bits per heavy atom. The minimum atomic E-state index is 0.574. The van der Waals surface area contributed by atoms with Gasteiger partial charge in [0.25, 0.3) is 0 Å². The maximum absolute atomic E-state index is 9.90. The number of anilines is 2. The molecule has 0 heterocycles. The normalized spacial score (nSPS) is 9.13. The van der Waals surface area contributed by atoms with Crippen LogP contribution in [-0.4, -0.2) is 27.6 Å². The maximum atomic E-state index is 9.90. The van der Waals surface area contributed by atoms with Crippen molar-refractivity contribution in [3.8, 4) is 5.75 Å². The lowest BCUT2D eigenvalue weighted by Crippen LogP contribution is -2.18. The molecule has 1 amide bonds. The van der Waals surface area contributed by atoms with Gasteiger partial charge in [0, 0.05) is 24.8 Å². The Morgan fingerprint density at radius 3 is 1.97 bits per heavy atom. The van der Waals surface area contributed by atoms with E-state index in [-0.39, 0.29) is 0 Å². The molecule has 2 N–H and O–H groups in total. The zero-order valence-electron chi connectivity index (χ0n) is 18.1. The number of carbonyl (C=O) groups is 1. The number of benzene rings is 3. The van der Waals surface area contributed by atoms with E-state index >= 15 is 0 Å². The Labute approximate surface area is 184 Å². The minimum Gasteiger partial charge on any atom is -0.497 e. The third-order valence-corrected chi connectivity index (χ3v) is 4.13. The van der Waals surface area contributed by atoms with Crippen molar-refractivity contribution in [1.82, 2.24) is 5.43 Å². The molecule has 3 rings (SSSR count). The van der Waals surface area contributed by atoms with Crippen LogP contribution >= 0.6 is 11.6 Å². The molecule has 3 aromatic rings. The average molecular weight is 428 g/mol. The van der Waals surface area contributed by atoms with Gasteiger partial charge in [0.2, 0.25) is 6.41 Å². The number of nitrogens with one attached hydrogen (secondary N) is 2. The summed E-state index contributed by atoms with van der Waals surface area (Å²) >= 11 is 5.64. The van der Waals surface area contributed by atoms with E-state index in [4.69, 9.17) is 16.3 Å². The average Bonchev–Trinajstić information content (AvgIpc) is 2.74. The molecule has 0 saturated heterocycles. The van der Waals surface area contributed by atoms with Gasteiger partial charge in [-0.05, 0) is 67.9 Å². The van der Waals surface area contributed by atoms with Crippen molar-refractivity contribution in [2.45, 2.75) is 13.8 Å². The van der Waals surface area contributed by atoms with Crippen LogP contribution in [0.2, 0.25) is 5.02 Å². The van der Waals surface area contributed by atoms with Crippen molar-refractivity contribution < 1.29 is 9.53 Å². The number of ether oxygens (including phenoxy) is 1. The molecule has 160 valence electrons. The Kier molecular flexibility index (Phi) is 11.5. The van der Waals surface area contributed by atoms with Gasteiger partial charge in [0.05, 0.1) is 12.8 Å². The van der Waals surface area contributed by atoms with Crippen LogP contribution in [0.3, 0.4) is 0 Å². The zero-order valence-corrected chi connectivity index (χ0v) is 18.9. The molecule has 0 atom stereocenters. The van der Waals surface area contributed by atoms with E-state index < -0.39 is 0 Å². The lowest BCUT2D eigenvalue weighted by atomic mass is 10.2. The van der Waals surface area contributed by atoms with E-state index in [1.807, 2.05) is 45.3 Å². The van der Waals surface area contributed by atoms with Gasteiger partial charge in [-0.25, -0.2) is 0 Å². The first-order valence-electron chi connectivity index (χ1n) is 9.41. The van der Waals surface area contributed by atoms with Crippen LogP contribution in [0.25, 0.3) is 0 Å². The van der Waals surface area contributed by atoms with Crippen LogP contribution in [0, 0.1) is 13.8 Å². The number of hydrogen-bond donors (Lipinski definition) is 2. The molecule has 0 fully saturated rings. The first-order valence-corrected chi connectivity index (χ1v) is 9.79. The van der Waals surface area contributed by atoms with E-state index in [0.717, 1.165) is 16.5 Å². The standard InChI is InChI=1S/C9H13N.C8H10N2O2.C7H7Cl/c1-8-4-6-9(7-5-8)10(2)3;1-12-8-4-2-7(3-5-8)10-9-6-11;1-6-3-2-4-7(8)5-6/h4-7H,1-3H3;2-6,10H,1H3,(H,9,11);2-5H,1H3. The van der Waals surface area contributed by atoms with Crippen LogP contribution in [0.5, 0.6) is 5.75 Å². The molecule has 6 heteroatoms. The van der Waals surface area contributed by atoms with Gasteiger partial charge in [-0.2, -0.15) is 0 Å². The number of aryl methyl sites for hydroxylation is 2. The quantitative estimate of drug-likeness (QED) is 0.418. The number of nitrogens with zero attached hydrogens (tertiary/aromatic N) is 1. The van der Waals surface area contributed by atoms with Crippen molar-refractivity contribution in [2.75, 3.05) is 31.5 Å². The number of rotatable bonds is 5. The van der Waals surface area contributed by atoms with Gasteiger partial charge in [-0.15, -0.1) is 0 Å². The van der Waals surface area contributed by atoms with Gasteiger partial charge >= 0.3 is 0 Å². The molecular weight excluding hydrogens is 398 g/mol. The Bertz CT molecular complexity index is 849. The number of amides is 1. The summed E-state index contributed by atoms with van der Waals surface area (Å²) in [7, 11) is 5.70. The summed E-state index contributed by atoms with van der Waals surface area (Å²) in [4.78, 5) is 12.0. The van der Waals surface area contributed by atoms with Crippen LogP contribution in [0.15, 0.2) is 72.8 Å². The summed E-state index contributed by atoms with van der Waals surface area (Å²) in [6.45, 7) is 4.12. The van der Waals surface area contributed by atoms with Gasteiger partial charge in [-0.3, -0.25) is 15.6 Å². The number of hydrogen-bond acceptors (Lipinski definition) is 4. The van der Waals surface area contributed by atoms with Crippen molar-refractivity contribution in [2.24, 2.45) is 0 Å². The third-order valence-electron chi connectivity index (χ3n) is 3.90. The first-order chi connectivity index (χ1) is 14.3. The highest BCUT2D eigenvalue weighted by Gasteiger charge is 1.91. The highest BCUT2D eigenvalue weighted by molar-refractivity contribution is 6.30. The van der Waals surface area contributed by atoms with E-state index in [1.54, 1.807) is 31.4 Å². The van der Waals surface area contributed by atoms with E-state index in [1.165, 1.54) is 16.8 Å². The van der Waals surface area contributed by atoms with Gasteiger partial charge in [0.1, 0.15) is 5.75 Å². The van der Waals surface area contributed by atoms with E-state index in [9.17, 15) is 4.79 Å². The number of halogens is 1. The Hall–Kier alpha value is -3.18. The second-order valence-electron chi connectivity index (χ2n) is 6.64. The second-order valence-corrected chi connectivity index (χ2v) is 7.08. The second kappa shape index (κ2) is 13.9. The molecule has 30 heavy (non-hydrogen) atoms. The highest BCUT2D eigenvalue weighted by atomic mass is 35.5. The molecule has 0 radical (unpaired) electrons. The number of carbonyl (C=O) groups excluding carboxylic acids is 1. The molecule has 3 aromatic carbocycles. The van der Waals surface area contributed by atoms with Gasteiger partial charge in [-0.1, -0.05) is 41.4 Å². The highest BCUT2D eigenvalue weighted by Crippen LogP contribution is 2.14.